The van der Waals surface area contributed by atoms with Crippen molar-refractivity contribution >= 4 is 11.8 Å². The second-order valence-corrected chi connectivity index (χ2v) is 5.00. The minimum atomic E-state index is -0.220. The molecule has 22 heavy (non-hydrogen) atoms. The second kappa shape index (κ2) is 8.92. The van der Waals surface area contributed by atoms with E-state index in [-0.39, 0.29) is 17.7 Å². The molecular weight excluding hydrogens is 284 g/mol. The van der Waals surface area contributed by atoms with Gasteiger partial charge in [0.1, 0.15) is 0 Å². The molecule has 0 saturated carbocycles. The second-order valence-electron chi connectivity index (χ2n) is 5.00. The maximum Gasteiger partial charge on any atom is 0.251 e. The van der Waals surface area contributed by atoms with Gasteiger partial charge in [-0.1, -0.05) is 13.8 Å². The predicted molar refractivity (Wildman–Crippen MR) is 84.3 cm³/mol. The summed E-state index contributed by atoms with van der Waals surface area (Å²) in [4.78, 5) is 23.4. The van der Waals surface area contributed by atoms with E-state index in [9.17, 15) is 9.59 Å². The molecule has 0 aromatic heterocycles. The first-order valence-corrected chi connectivity index (χ1v) is 7.36. The van der Waals surface area contributed by atoms with E-state index in [1.165, 1.54) is 0 Å². The number of carbonyl (C=O) groups is 2. The summed E-state index contributed by atoms with van der Waals surface area (Å²) >= 11 is 0. The molecule has 0 bridgehead atoms. The molecule has 1 aromatic rings. The zero-order chi connectivity index (χ0) is 16.5. The van der Waals surface area contributed by atoms with Crippen LogP contribution in [0.1, 0.15) is 31.1 Å². The zero-order valence-electron chi connectivity index (χ0n) is 13.6. The highest BCUT2D eigenvalue weighted by Crippen LogP contribution is 2.27. The van der Waals surface area contributed by atoms with Crippen molar-refractivity contribution in [3.05, 3.63) is 23.8 Å². The molecule has 1 aromatic carbocycles. The van der Waals surface area contributed by atoms with Gasteiger partial charge in [-0.2, -0.15) is 0 Å². The average Bonchev–Trinajstić information content (AvgIpc) is 2.51. The van der Waals surface area contributed by atoms with E-state index in [2.05, 4.69) is 10.6 Å². The molecule has 0 aliphatic heterocycles. The largest absolute Gasteiger partial charge is 0.493 e. The Hall–Kier alpha value is -2.24. The van der Waals surface area contributed by atoms with Crippen molar-refractivity contribution in [2.75, 3.05) is 26.8 Å². The summed E-state index contributed by atoms with van der Waals surface area (Å²) in [5.74, 6) is 0.805. The van der Waals surface area contributed by atoms with Crippen LogP contribution in [-0.2, 0) is 4.79 Å². The number of ether oxygens (including phenoxy) is 2. The van der Waals surface area contributed by atoms with Gasteiger partial charge in [-0.15, -0.1) is 0 Å². The van der Waals surface area contributed by atoms with E-state index in [1.54, 1.807) is 25.3 Å². The van der Waals surface area contributed by atoms with Crippen LogP contribution in [0.4, 0.5) is 0 Å². The molecule has 0 spiro atoms. The van der Waals surface area contributed by atoms with Crippen LogP contribution in [0.3, 0.4) is 0 Å². The Labute approximate surface area is 131 Å². The number of benzene rings is 1. The molecule has 0 aliphatic rings. The van der Waals surface area contributed by atoms with Crippen LogP contribution in [0.2, 0.25) is 0 Å². The van der Waals surface area contributed by atoms with Gasteiger partial charge in [0.25, 0.3) is 5.91 Å². The third-order valence-electron chi connectivity index (χ3n) is 2.96. The SMILES string of the molecule is CCOc1cc(C(=O)NCCNC(=O)C(C)C)ccc1OC. The maximum atomic E-state index is 12.1. The standard InChI is InChI=1S/C16H24N2O4/c1-5-22-14-10-12(6-7-13(14)21-4)16(20)18-9-8-17-15(19)11(2)3/h6-7,10-11H,5,8-9H2,1-4H3,(H,17,19)(H,18,20). The van der Waals surface area contributed by atoms with Gasteiger partial charge in [0, 0.05) is 24.6 Å². The number of hydrogen-bond donors (Lipinski definition) is 2. The van der Waals surface area contributed by atoms with E-state index in [0.717, 1.165) is 0 Å². The molecular formula is C16H24N2O4. The van der Waals surface area contributed by atoms with Crippen molar-refractivity contribution in [2.45, 2.75) is 20.8 Å². The Morgan fingerprint density at radius 2 is 1.82 bits per heavy atom. The number of amides is 2. The van der Waals surface area contributed by atoms with Crippen LogP contribution in [0, 0.1) is 5.92 Å². The Kier molecular flexibility index (Phi) is 7.22. The van der Waals surface area contributed by atoms with E-state index in [4.69, 9.17) is 9.47 Å². The summed E-state index contributed by atoms with van der Waals surface area (Å²) < 4.78 is 10.6. The Bertz CT molecular complexity index is 515. The fourth-order valence-electron chi connectivity index (χ4n) is 1.75. The average molecular weight is 308 g/mol. The molecule has 0 heterocycles. The van der Waals surface area contributed by atoms with Gasteiger partial charge < -0.3 is 20.1 Å². The minimum Gasteiger partial charge on any atom is -0.493 e. The monoisotopic (exact) mass is 308 g/mol. The molecule has 6 heteroatoms. The number of nitrogens with one attached hydrogen (secondary N) is 2. The Morgan fingerprint density at radius 3 is 2.41 bits per heavy atom. The van der Waals surface area contributed by atoms with Crippen LogP contribution in [0.5, 0.6) is 11.5 Å². The highest BCUT2D eigenvalue weighted by molar-refractivity contribution is 5.94. The summed E-state index contributed by atoms with van der Waals surface area (Å²) in [6.45, 7) is 6.76. The van der Waals surface area contributed by atoms with Crippen molar-refractivity contribution in [3.63, 3.8) is 0 Å². The topological polar surface area (TPSA) is 76.7 Å². The molecule has 0 fully saturated rings. The number of carbonyl (C=O) groups excluding carboxylic acids is 2. The maximum absolute atomic E-state index is 12.1. The molecule has 0 radical (unpaired) electrons. The first kappa shape index (κ1) is 17.8. The lowest BCUT2D eigenvalue weighted by molar-refractivity contribution is -0.123. The third kappa shape index (κ3) is 5.27. The normalized spacial score (nSPS) is 10.2. The predicted octanol–water partition coefficient (Wildman–Crippen LogP) is 1.60. The molecule has 0 aliphatic carbocycles. The lowest BCUT2D eigenvalue weighted by atomic mass is 10.2. The van der Waals surface area contributed by atoms with Crippen molar-refractivity contribution in [3.8, 4) is 11.5 Å². The molecule has 2 amide bonds. The zero-order valence-corrected chi connectivity index (χ0v) is 13.6. The molecule has 6 nitrogen and oxygen atoms in total. The molecule has 0 unspecified atom stereocenters. The third-order valence-corrected chi connectivity index (χ3v) is 2.96. The molecule has 0 saturated heterocycles. The number of methoxy groups -OCH3 is 1. The van der Waals surface area contributed by atoms with Gasteiger partial charge >= 0.3 is 0 Å². The highest BCUT2D eigenvalue weighted by atomic mass is 16.5. The van der Waals surface area contributed by atoms with Crippen molar-refractivity contribution in [1.29, 1.82) is 0 Å². The first-order valence-electron chi connectivity index (χ1n) is 7.36. The molecule has 1 rings (SSSR count). The van der Waals surface area contributed by atoms with Crippen LogP contribution in [-0.4, -0.2) is 38.6 Å². The van der Waals surface area contributed by atoms with Crippen molar-refractivity contribution < 1.29 is 19.1 Å². The van der Waals surface area contributed by atoms with Crippen LogP contribution < -0.4 is 20.1 Å². The summed E-state index contributed by atoms with van der Waals surface area (Å²) in [5.41, 5.74) is 0.486. The summed E-state index contributed by atoms with van der Waals surface area (Å²) in [6.07, 6.45) is 0. The lowest BCUT2D eigenvalue weighted by Gasteiger charge is -2.12. The summed E-state index contributed by atoms with van der Waals surface area (Å²) in [5, 5.41) is 5.49. The Balaban J connectivity index is 2.55. The highest BCUT2D eigenvalue weighted by Gasteiger charge is 2.11. The Morgan fingerprint density at radius 1 is 1.14 bits per heavy atom. The van der Waals surface area contributed by atoms with Gasteiger partial charge in [-0.3, -0.25) is 9.59 Å². The van der Waals surface area contributed by atoms with Gasteiger partial charge in [0.2, 0.25) is 5.91 Å². The van der Waals surface area contributed by atoms with Gasteiger partial charge in [-0.25, -0.2) is 0 Å². The quantitative estimate of drug-likeness (QED) is 0.715. The van der Waals surface area contributed by atoms with E-state index >= 15 is 0 Å². The smallest absolute Gasteiger partial charge is 0.251 e. The minimum absolute atomic E-state index is 0.0303. The molecule has 2 N–H and O–H groups in total. The van der Waals surface area contributed by atoms with Crippen molar-refractivity contribution in [1.82, 2.24) is 10.6 Å². The molecule has 122 valence electrons. The van der Waals surface area contributed by atoms with E-state index in [1.807, 2.05) is 20.8 Å². The van der Waals surface area contributed by atoms with E-state index < -0.39 is 0 Å². The fraction of sp³-hybridized carbons (Fsp3) is 0.500. The van der Waals surface area contributed by atoms with Gasteiger partial charge in [-0.05, 0) is 25.1 Å². The summed E-state index contributed by atoms with van der Waals surface area (Å²) in [6, 6.07) is 5.01. The van der Waals surface area contributed by atoms with Crippen LogP contribution in [0.15, 0.2) is 18.2 Å². The number of rotatable bonds is 8. The van der Waals surface area contributed by atoms with Crippen LogP contribution in [0.25, 0.3) is 0 Å². The van der Waals surface area contributed by atoms with Gasteiger partial charge in [0.15, 0.2) is 11.5 Å². The first-order chi connectivity index (χ1) is 10.5. The van der Waals surface area contributed by atoms with Crippen LogP contribution >= 0.6 is 0 Å². The fourth-order valence-corrected chi connectivity index (χ4v) is 1.75. The van der Waals surface area contributed by atoms with Crippen molar-refractivity contribution in [2.24, 2.45) is 5.92 Å². The van der Waals surface area contributed by atoms with Gasteiger partial charge in [0.05, 0.1) is 13.7 Å². The number of hydrogen-bond acceptors (Lipinski definition) is 4. The summed E-state index contributed by atoms with van der Waals surface area (Å²) in [7, 11) is 1.55. The van der Waals surface area contributed by atoms with E-state index in [0.29, 0.717) is 36.8 Å². The molecule has 0 atom stereocenters. The lowest BCUT2D eigenvalue weighted by Crippen LogP contribution is -2.36.